The van der Waals surface area contributed by atoms with E-state index >= 15 is 0 Å². The summed E-state index contributed by atoms with van der Waals surface area (Å²) in [4.78, 5) is 8.63. The Bertz CT molecular complexity index is 1280. The van der Waals surface area contributed by atoms with Crippen LogP contribution < -0.4 is 23.7 Å². The van der Waals surface area contributed by atoms with Gasteiger partial charge in [0.15, 0.2) is 11.5 Å². The summed E-state index contributed by atoms with van der Waals surface area (Å²) in [5.41, 5.74) is 3.34. The third-order valence-corrected chi connectivity index (χ3v) is 5.69. The summed E-state index contributed by atoms with van der Waals surface area (Å²) in [7, 11) is 6.41. The Morgan fingerprint density at radius 1 is 0.909 bits per heavy atom. The van der Waals surface area contributed by atoms with Crippen molar-refractivity contribution in [1.82, 2.24) is 9.66 Å². The number of benzene rings is 2. The summed E-state index contributed by atoms with van der Waals surface area (Å²) in [6, 6.07) is 15.2. The number of methoxy groups -OCH3 is 4. The van der Waals surface area contributed by atoms with Gasteiger partial charge in [-0.15, -0.1) is 11.3 Å². The molecule has 9 heteroatoms. The molecule has 0 spiro atoms. The van der Waals surface area contributed by atoms with E-state index in [1.807, 2.05) is 60.1 Å². The second-order valence-electron chi connectivity index (χ2n) is 6.81. The zero-order valence-electron chi connectivity index (χ0n) is 18.7. The van der Waals surface area contributed by atoms with Crippen molar-refractivity contribution < 1.29 is 18.9 Å². The SMILES string of the molecule is COc1ccc(N=c2scc(-c3cc(OC)c(OC)c(OC)c3)n2N=Cc2ccc[nH]2)cc1. The van der Waals surface area contributed by atoms with Gasteiger partial charge in [-0.2, -0.15) is 5.10 Å². The molecule has 170 valence electrons. The van der Waals surface area contributed by atoms with Gasteiger partial charge in [0.1, 0.15) is 5.75 Å². The van der Waals surface area contributed by atoms with Crippen LogP contribution in [0.2, 0.25) is 0 Å². The summed E-state index contributed by atoms with van der Waals surface area (Å²) >= 11 is 1.48. The summed E-state index contributed by atoms with van der Waals surface area (Å²) < 4.78 is 23.6. The van der Waals surface area contributed by atoms with Crippen molar-refractivity contribution in [2.75, 3.05) is 28.4 Å². The van der Waals surface area contributed by atoms with Gasteiger partial charge in [0.25, 0.3) is 0 Å². The number of hydrogen-bond donors (Lipinski definition) is 1. The molecule has 33 heavy (non-hydrogen) atoms. The molecule has 0 radical (unpaired) electrons. The van der Waals surface area contributed by atoms with Gasteiger partial charge in [0.05, 0.1) is 51.7 Å². The van der Waals surface area contributed by atoms with Gasteiger partial charge in [-0.25, -0.2) is 9.67 Å². The largest absolute Gasteiger partial charge is 0.497 e. The lowest BCUT2D eigenvalue weighted by atomic mass is 10.1. The van der Waals surface area contributed by atoms with Crippen molar-refractivity contribution in [3.05, 3.63) is 70.6 Å². The van der Waals surface area contributed by atoms with Gasteiger partial charge >= 0.3 is 0 Å². The lowest BCUT2D eigenvalue weighted by Gasteiger charge is -2.14. The minimum atomic E-state index is 0.531. The topological polar surface area (TPSA) is 82.4 Å². The van der Waals surface area contributed by atoms with E-state index in [4.69, 9.17) is 29.0 Å². The predicted octanol–water partition coefficient (Wildman–Crippen LogP) is 4.69. The third-order valence-electron chi connectivity index (χ3n) is 4.88. The molecule has 0 amide bonds. The number of rotatable bonds is 8. The van der Waals surface area contributed by atoms with E-state index in [2.05, 4.69) is 4.98 Å². The molecule has 0 fully saturated rings. The van der Waals surface area contributed by atoms with E-state index < -0.39 is 0 Å². The number of nitrogens with zero attached hydrogens (tertiary/aromatic N) is 3. The van der Waals surface area contributed by atoms with Crippen LogP contribution in [0.5, 0.6) is 23.0 Å². The zero-order chi connectivity index (χ0) is 23.2. The molecule has 0 saturated carbocycles. The monoisotopic (exact) mass is 464 g/mol. The van der Waals surface area contributed by atoms with Gasteiger partial charge < -0.3 is 23.9 Å². The highest BCUT2D eigenvalue weighted by Gasteiger charge is 2.17. The van der Waals surface area contributed by atoms with Crippen LogP contribution in [-0.4, -0.2) is 44.3 Å². The summed E-state index contributed by atoms with van der Waals surface area (Å²) in [5.74, 6) is 2.43. The maximum atomic E-state index is 5.53. The van der Waals surface area contributed by atoms with Gasteiger partial charge in [-0.3, -0.25) is 0 Å². The molecule has 0 atom stereocenters. The van der Waals surface area contributed by atoms with Crippen molar-refractivity contribution in [2.45, 2.75) is 0 Å². The quantitative estimate of drug-likeness (QED) is 0.384. The average molecular weight is 465 g/mol. The number of aromatic nitrogens is 2. The van der Waals surface area contributed by atoms with Gasteiger partial charge in [0.2, 0.25) is 10.6 Å². The standard InChI is InChI=1S/C24H24N4O4S/c1-29-19-9-7-17(8-10-19)27-24-28(26-14-18-6-5-11-25-18)20(15-33-24)16-12-21(30-2)23(32-4)22(13-16)31-3/h5-15,25H,1-4H3. The Labute approximate surface area is 195 Å². The highest BCUT2D eigenvalue weighted by molar-refractivity contribution is 7.07. The number of aromatic amines is 1. The van der Waals surface area contributed by atoms with Crippen LogP contribution in [0.1, 0.15) is 5.69 Å². The average Bonchev–Trinajstić information content (AvgIpc) is 3.52. The lowest BCUT2D eigenvalue weighted by Crippen LogP contribution is -2.11. The van der Waals surface area contributed by atoms with Crippen molar-refractivity contribution >= 4 is 23.2 Å². The molecule has 0 unspecified atom stereocenters. The fraction of sp³-hybridized carbons (Fsp3) is 0.167. The Hall–Kier alpha value is -3.98. The molecule has 0 aliphatic heterocycles. The minimum Gasteiger partial charge on any atom is -0.497 e. The molecule has 8 nitrogen and oxygen atoms in total. The fourth-order valence-electron chi connectivity index (χ4n) is 3.23. The second kappa shape index (κ2) is 10.1. The van der Waals surface area contributed by atoms with Gasteiger partial charge in [-0.1, -0.05) is 0 Å². The van der Waals surface area contributed by atoms with Crippen LogP contribution in [0.4, 0.5) is 5.69 Å². The lowest BCUT2D eigenvalue weighted by molar-refractivity contribution is 0.324. The van der Waals surface area contributed by atoms with Gasteiger partial charge in [-0.05, 0) is 48.5 Å². The molecule has 2 heterocycles. The van der Waals surface area contributed by atoms with E-state index in [-0.39, 0.29) is 0 Å². The zero-order valence-corrected chi connectivity index (χ0v) is 19.6. The van der Waals surface area contributed by atoms with E-state index in [1.165, 1.54) is 11.3 Å². The molecular weight excluding hydrogens is 440 g/mol. The first kappa shape index (κ1) is 22.2. The Morgan fingerprint density at radius 2 is 1.64 bits per heavy atom. The van der Waals surface area contributed by atoms with Crippen LogP contribution in [0, 0.1) is 0 Å². The highest BCUT2D eigenvalue weighted by Crippen LogP contribution is 2.41. The van der Waals surface area contributed by atoms with E-state index in [0.717, 1.165) is 28.4 Å². The summed E-state index contributed by atoms with van der Waals surface area (Å²) in [6.45, 7) is 0. The summed E-state index contributed by atoms with van der Waals surface area (Å²) in [5, 5.41) is 6.70. The molecule has 4 aromatic rings. The number of hydrogen-bond acceptors (Lipinski definition) is 7. The van der Waals surface area contributed by atoms with Crippen LogP contribution in [0.25, 0.3) is 11.3 Å². The molecule has 4 rings (SSSR count). The Morgan fingerprint density at radius 3 is 2.21 bits per heavy atom. The second-order valence-corrected chi connectivity index (χ2v) is 7.65. The number of thiazole rings is 1. The normalized spacial score (nSPS) is 11.7. The van der Waals surface area contributed by atoms with Crippen LogP contribution >= 0.6 is 11.3 Å². The smallest absolute Gasteiger partial charge is 0.211 e. The first-order valence-corrected chi connectivity index (χ1v) is 10.9. The van der Waals surface area contributed by atoms with Crippen molar-refractivity contribution in [3.8, 4) is 34.3 Å². The number of nitrogens with one attached hydrogen (secondary N) is 1. The fourth-order valence-corrected chi connectivity index (χ4v) is 4.08. The van der Waals surface area contributed by atoms with Crippen molar-refractivity contribution in [1.29, 1.82) is 0 Å². The van der Waals surface area contributed by atoms with Crippen molar-refractivity contribution in [2.24, 2.45) is 10.1 Å². The van der Waals surface area contributed by atoms with Crippen LogP contribution in [0.15, 0.2) is 70.2 Å². The van der Waals surface area contributed by atoms with Crippen LogP contribution in [0.3, 0.4) is 0 Å². The number of ether oxygens (including phenoxy) is 4. The van der Waals surface area contributed by atoms with Crippen molar-refractivity contribution in [3.63, 3.8) is 0 Å². The maximum Gasteiger partial charge on any atom is 0.211 e. The maximum absolute atomic E-state index is 5.53. The van der Waals surface area contributed by atoms with E-state index in [9.17, 15) is 0 Å². The Balaban J connectivity index is 1.87. The van der Waals surface area contributed by atoms with E-state index in [0.29, 0.717) is 22.0 Å². The molecule has 1 N–H and O–H groups in total. The molecular formula is C24H24N4O4S. The van der Waals surface area contributed by atoms with Gasteiger partial charge in [0, 0.05) is 17.1 Å². The minimum absolute atomic E-state index is 0.531. The van der Waals surface area contributed by atoms with E-state index in [1.54, 1.807) is 39.3 Å². The highest BCUT2D eigenvalue weighted by atomic mass is 32.1. The number of H-pyrrole nitrogens is 1. The van der Waals surface area contributed by atoms with Crippen LogP contribution in [-0.2, 0) is 0 Å². The molecule has 0 aliphatic carbocycles. The molecule has 0 saturated heterocycles. The first-order valence-electron chi connectivity index (χ1n) is 10.0. The predicted molar refractivity (Wildman–Crippen MR) is 129 cm³/mol. The molecule has 2 aromatic heterocycles. The third kappa shape index (κ3) is 4.78. The summed E-state index contributed by atoms with van der Waals surface area (Å²) in [6.07, 6.45) is 3.60. The Kier molecular flexibility index (Phi) is 6.80. The molecule has 2 aromatic carbocycles. The molecule has 0 bridgehead atoms. The first-order chi connectivity index (χ1) is 16.2. The molecule has 0 aliphatic rings.